The van der Waals surface area contributed by atoms with E-state index in [1.54, 1.807) is 20.8 Å². The van der Waals surface area contributed by atoms with Crippen LogP contribution in [0.4, 0.5) is 10.7 Å². The van der Waals surface area contributed by atoms with Gasteiger partial charge in [0.1, 0.15) is 5.60 Å². The number of carbonyl (C=O) groups excluding carboxylic acids is 1. The molecule has 1 rings (SSSR count). The molecule has 1 aromatic rings. The normalized spacial score (nSPS) is 10.2. The van der Waals surface area contributed by atoms with Gasteiger partial charge in [0.05, 0.1) is 0 Å². The number of carbonyl (C=O) groups is 1. The summed E-state index contributed by atoms with van der Waals surface area (Å²) in [4.78, 5) is 19.4. The molecule has 0 aliphatic rings. The zero-order chi connectivity index (χ0) is 11.5. The minimum absolute atomic E-state index is 0. The van der Waals surface area contributed by atoms with Gasteiger partial charge in [0.25, 0.3) is 0 Å². The Kier molecular flexibility index (Phi) is 6.17. The van der Waals surface area contributed by atoms with Gasteiger partial charge in [-0.3, -0.25) is 5.32 Å². The van der Waals surface area contributed by atoms with Gasteiger partial charge < -0.3 is 17.4 Å². The van der Waals surface area contributed by atoms with Crippen LogP contribution in [-0.2, 0) is 17.4 Å². The maximum absolute atomic E-state index is 11.3. The summed E-state index contributed by atoms with van der Waals surface area (Å²) in [5.41, 5.74) is -0.540. The molecule has 0 saturated heterocycles. The van der Waals surface area contributed by atoms with Gasteiger partial charge in [0.2, 0.25) is 5.95 Å². The summed E-state index contributed by atoms with van der Waals surface area (Å²) in [6.45, 7) is 5.33. The second kappa shape index (κ2) is 6.34. The summed E-state index contributed by atoms with van der Waals surface area (Å²) in [6.07, 6.45) is 2.30. The average Bonchev–Trinajstić information content (AvgIpc) is 2.05. The second-order valence-electron chi connectivity index (χ2n) is 3.87. The van der Waals surface area contributed by atoms with E-state index < -0.39 is 11.7 Å². The average molecular weight is 249 g/mol. The fourth-order valence-electron chi connectivity index (χ4n) is 0.776. The number of nitrogens with one attached hydrogen (secondary N) is 1. The van der Waals surface area contributed by atoms with Gasteiger partial charge in [-0.1, -0.05) is 0 Å². The van der Waals surface area contributed by atoms with Crippen LogP contribution >= 0.6 is 0 Å². The molecule has 0 unspecified atom stereocenters. The minimum atomic E-state index is -0.584. The molecule has 1 N–H and O–H groups in total. The minimum Gasteiger partial charge on any atom is -0.777 e. The van der Waals surface area contributed by atoms with E-state index >= 15 is 0 Å². The monoisotopic (exact) mass is 249 g/mol. The Morgan fingerprint density at radius 3 is 2.31 bits per heavy atom. The smallest absolute Gasteiger partial charge is 0.777 e. The molecule has 82 valence electrons. The van der Waals surface area contributed by atoms with Gasteiger partial charge >= 0.3 is 35.7 Å². The maximum atomic E-state index is 11.3. The summed E-state index contributed by atoms with van der Waals surface area (Å²) in [6, 6.07) is 0. The number of hydrogen-bond donors (Lipinski definition) is 1. The SMILES string of the molecule is CC(C)(C)OC(=O)Nc1ncc([S-])cn1.[Na+]. The fourth-order valence-corrected chi connectivity index (χ4v) is 0.881. The van der Waals surface area contributed by atoms with Crippen LogP contribution in [0.15, 0.2) is 17.3 Å². The molecule has 1 amide bonds. The van der Waals surface area contributed by atoms with E-state index in [9.17, 15) is 4.79 Å². The van der Waals surface area contributed by atoms with E-state index in [0.29, 0.717) is 4.90 Å². The van der Waals surface area contributed by atoms with Crippen molar-refractivity contribution in [2.24, 2.45) is 0 Å². The molecule has 0 atom stereocenters. The Morgan fingerprint density at radius 2 is 1.88 bits per heavy atom. The van der Waals surface area contributed by atoms with Crippen LogP contribution in [0.1, 0.15) is 20.8 Å². The molecular weight excluding hydrogens is 237 g/mol. The van der Waals surface area contributed by atoms with Crippen molar-refractivity contribution >= 4 is 24.7 Å². The Hall–Kier alpha value is -0.430. The molecule has 1 aromatic heterocycles. The molecular formula is C9H12N3NaO2S. The number of anilines is 1. The summed E-state index contributed by atoms with van der Waals surface area (Å²) in [5.74, 6) is 0.179. The number of amides is 1. The number of nitrogens with zero attached hydrogens (tertiary/aromatic N) is 2. The predicted molar refractivity (Wildman–Crippen MR) is 57.5 cm³/mol. The predicted octanol–water partition coefficient (Wildman–Crippen LogP) is -1.27. The first-order valence-electron chi connectivity index (χ1n) is 4.36. The molecule has 0 fully saturated rings. The van der Waals surface area contributed by atoms with Crippen LogP contribution in [0.2, 0.25) is 0 Å². The number of ether oxygens (including phenoxy) is 1. The van der Waals surface area contributed by atoms with E-state index in [1.165, 1.54) is 12.4 Å². The Bertz CT molecular complexity index is 351. The summed E-state index contributed by atoms with van der Waals surface area (Å²) in [5, 5.41) is 2.40. The van der Waals surface area contributed by atoms with Gasteiger partial charge in [0, 0.05) is 12.4 Å². The third-order valence-corrected chi connectivity index (χ3v) is 1.45. The van der Waals surface area contributed by atoms with Crippen molar-refractivity contribution in [3.63, 3.8) is 0 Å². The van der Waals surface area contributed by atoms with Crippen LogP contribution in [0.5, 0.6) is 0 Å². The van der Waals surface area contributed by atoms with Gasteiger partial charge in [0.15, 0.2) is 0 Å². The molecule has 0 aliphatic carbocycles. The van der Waals surface area contributed by atoms with E-state index in [2.05, 4.69) is 15.3 Å². The molecule has 0 radical (unpaired) electrons. The first-order chi connectivity index (χ1) is 6.87. The molecule has 0 aromatic carbocycles. The van der Waals surface area contributed by atoms with Crippen LogP contribution < -0.4 is 34.9 Å². The van der Waals surface area contributed by atoms with Gasteiger partial charge in [-0.15, -0.1) is 4.90 Å². The van der Waals surface area contributed by atoms with Crippen molar-refractivity contribution in [3.05, 3.63) is 12.4 Å². The summed E-state index contributed by atoms with van der Waals surface area (Å²) >= 11 is 4.80. The standard InChI is InChI=1S/C9H13N3O2S.Na/c1-9(2,3)14-8(13)12-7-10-4-6(15)5-11-7;/h4-5,15H,1-3H3,(H,10,11,12,13);/q;+1/p-1. The van der Waals surface area contributed by atoms with Crippen molar-refractivity contribution in [3.8, 4) is 0 Å². The van der Waals surface area contributed by atoms with Crippen molar-refractivity contribution in [2.75, 3.05) is 5.32 Å². The molecule has 0 bridgehead atoms. The largest absolute Gasteiger partial charge is 1.00 e. The van der Waals surface area contributed by atoms with Crippen molar-refractivity contribution in [1.82, 2.24) is 9.97 Å². The van der Waals surface area contributed by atoms with Gasteiger partial charge in [-0.2, -0.15) is 0 Å². The Morgan fingerprint density at radius 1 is 1.38 bits per heavy atom. The zero-order valence-corrected chi connectivity index (χ0v) is 12.6. The molecule has 0 aliphatic heterocycles. The van der Waals surface area contributed by atoms with Crippen molar-refractivity contribution in [1.29, 1.82) is 0 Å². The molecule has 5 nitrogen and oxygen atoms in total. The van der Waals surface area contributed by atoms with Crippen LogP contribution in [0.25, 0.3) is 0 Å². The molecule has 0 saturated carbocycles. The topological polar surface area (TPSA) is 64.1 Å². The quantitative estimate of drug-likeness (QED) is 0.497. The number of hydrogen-bond acceptors (Lipinski definition) is 5. The third-order valence-electron chi connectivity index (χ3n) is 1.24. The van der Waals surface area contributed by atoms with Crippen LogP contribution in [0.3, 0.4) is 0 Å². The van der Waals surface area contributed by atoms with E-state index in [4.69, 9.17) is 17.4 Å². The first-order valence-corrected chi connectivity index (χ1v) is 4.77. The van der Waals surface area contributed by atoms with Crippen molar-refractivity contribution < 1.29 is 39.1 Å². The zero-order valence-electron chi connectivity index (χ0n) is 9.77. The molecule has 0 spiro atoms. The molecule has 16 heavy (non-hydrogen) atoms. The van der Waals surface area contributed by atoms with Gasteiger partial charge in [-0.25, -0.2) is 14.8 Å². The van der Waals surface area contributed by atoms with Crippen molar-refractivity contribution in [2.45, 2.75) is 31.3 Å². The summed E-state index contributed by atoms with van der Waals surface area (Å²) < 4.78 is 5.02. The number of aromatic nitrogens is 2. The molecule has 7 heteroatoms. The van der Waals surface area contributed by atoms with E-state index in [1.807, 2.05) is 0 Å². The van der Waals surface area contributed by atoms with Crippen LogP contribution in [-0.4, -0.2) is 21.7 Å². The Labute approximate surface area is 122 Å². The number of rotatable bonds is 1. The summed E-state index contributed by atoms with van der Waals surface area (Å²) in [7, 11) is 0. The third kappa shape index (κ3) is 6.22. The second-order valence-corrected chi connectivity index (χ2v) is 4.34. The first kappa shape index (κ1) is 15.6. The van der Waals surface area contributed by atoms with E-state index in [-0.39, 0.29) is 35.5 Å². The van der Waals surface area contributed by atoms with E-state index in [0.717, 1.165) is 0 Å². The Balaban J connectivity index is 0.00000225. The fraction of sp³-hybridized carbons (Fsp3) is 0.444. The maximum Gasteiger partial charge on any atom is 1.00 e. The molecule has 1 heterocycles. The van der Waals surface area contributed by atoms with Crippen LogP contribution in [0, 0.1) is 0 Å². The van der Waals surface area contributed by atoms with Gasteiger partial charge in [-0.05, 0) is 20.8 Å².